The van der Waals surface area contributed by atoms with Gasteiger partial charge in [-0.25, -0.2) is 4.68 Å². The van der Waals surface area contributed by atoms with Crippen LogP contribution in [0.2, 0.25) is 0 Å². The second-order valence-electron chi connectivity index (χ2n) is 7.11. The molecule has 0 saturated carbocycles. The van der Waals surface area contributed by atoms with Gasteiger partial charge < -0.3 is 10.4 Å². The number of aromatic nitrogens is 2. The number of amides is 1. The van der Waals surface area contributed by atoms with E-state index in [1.807, 2.05) is 61.5 Å². The summed E-state index contributed by atoms with van der Waals surface area (Å²) in [6, 6.07) is 19.9. The van der Waals surface area contributed by atoms with Gasteiger partial charge in [-0.2, -0.15) is 5.10 Å². The fourth-order valence-electron chi connectivity index (χ4n) is 3.01. The summed E-state index contributed by atoms with van der Waals surface area (Å²) in [4.78, 5) is 36.0. The molecule has 154 valence electrons. The first kappa shape index (κ1) is 21.0. The molecule has 30 heavy (non-hydrogen) atoms. The maximum absolute atomic E-state index is 12.3. The van der Waals surface area contributed by atoms with Gasteiger partial charge in [0, 0.05) is 18.2 Å². The number of nitrogens with zero attached hydrogens (tertiary/aromatic N) is 2. The Bertz CT molecular complexity index is 1080. The fraction of sp³-hybridized carbons (Fsp3) is 0.217. The minimum absolute atomic E-state index is 0.0326. The molecule has 0 spiro atoms. The number of hydrogen-bond acceptors (Lipinski definition) is 4. The highest BCUT2D eigenvalue weighted by atomic mass is 16.4. The molecule has 2 N–H and O–H groups in total. The Morgan fingerprint density at radius 2 is 1.73 bits per heavy atom. The first-order valence-electron chi connectivity index (χ1n) is 9.61. The number of carbonyl (C=O) groups is 2. The molecule has 7 heteroatoms. The van der Waals surface area contributed by atoms with Gasteiger partial charge in [0.05, 0.1) is 11.6 Å². The minimum Gasteiger partial charge on any atom is -0.481 e. The molecular weight excluding hydrogens is 382 g/mol. The monoisotopic (exact) mass is 405 g/mol. The van der Waals surface area contributed by atoms with Crippen molar-refractivity contribution in [2.75, 3.05) is 6.54 Å². The van der Waals surface area contributed by atoms with Gasteiger partial charge in [-0.1, -0.05) is 60.2 Å². The molecule has 0 aliphatic heterocycles. The standard InChI is InChI=1S/C23H23N3O4/c1-16-7-9-17(10-8-16)13-19(23(29)30)14-24-21(27)15-26-22(28)12-11-20(25-26)18-5-3-2-4-6-18/h2-12,19H,13-15H2,1H3,(H,24,27)(H,29,30)/t19-/m1/s1. The number of carboxylic acid groups (broad SMARTS) is 1. The molecule has 0 aliphatic rings. The van der Waals surface area contributed by atoms with E-state index < -0.39 is 23.4 Å². The van der Waals surface area contributed by atoms with Crippen LogP contribution >= 0.6 is 0 Å². The third-order valence-electron chi connectivity index (χ3n) is 4.73. The maximum atomic E-state index is 12.3. The van der Waals surface area contributed by atoms with Crippen LogP contribution in [0.4, 0.5) is 0 Å². The van der Waals surface area contributed by atoms with Crippen molar-refractivity contribution in [2.45, 2.75) is 19.9 Å². The van der Waals surface area contributed by atoms with Gasteiger partial charge in [0.2, 0.25) is 5.91 Å². The van der Waals surface area contributed by atoms with Crippen molar-refractivity contribution in [1.29, 1.82) is 0 Å². The van der Waals surface area contributed by atoms with E-state index in [0.717, 1.165) is 21.4 Å². The van der Waals surface area contributed by atoms with E-state index in [-0.39, 0.29) is 13.1 Å². The molecule has 3 rings (SSSR count). The molecule has 1 atom stereocenters. The topological polar surface area (TPSA) is 101 Å². The van der Waals surface area contributed by atoms with Crippen LogP contribution in [0.3, 0.4) is 0 Å². The summed E-state index contributed by atoms with van der Waals surface area (Å²) in [5.74, 6) is -2.22. The van der Waals surface area contributed by atoms with E-state index in [9.17, 15) is 19.5 Å². The molecule has 1 heterocycles. The Labute approximate surface area is 174 Å². The van der Waals surface area contributed by atoms with Crippen LogP contribution in [0.5, 0.6) is 0 Å². The first-order chi connectivity index (χ1) is 14.4. The van der Waals surface area contributed by atoms with E-state index in [1.165, 1.54) is 6.07 Å². The summed E-state index contributed by atoms with van der Waals surface area (Å²) in [5, 5.41) is 16.3. The molecule has 0 unspecified atom stereocenters. The Kier molecular flexibility index (Phi) is 6.75. The Balaban J connectivity index is 1.63. The highest BCUT2D eigenvalue weighted by Crippen LogP contribution is 2.14. The highest BCUT2D eigenvalue weighted by Gasteiger charge is 2.19. The largest absolute Gasteiger partial charge is 0.481 e. The number of carboxylic acids is 1. The number of carbonyl (C=O) groups excluding carboxylic acids is 1. The zero-order chi connectivity index (χ0) is 21.5. The zero-order valence-electron chi connectivity index (χ0n) is 16.6. The number of aliphatic carboxylic acids is 1. The van der Waals surface area contributed by atoms with Crippen LogP contribution in [0.15, 0.2) is 71.5 Å². The summed E-state index contributed by atoms with van der Waals surface area (Å²) in [7, 11) is 0. The number of aryl methyl sites for hydroxylation is 1. The Hall–Kier alpha value is -3.74. The van der Waals surface area contributed by atoms with Gasteiger partial charge in [-0.15, -0.1) is 0 Å². The number of nitrogens with one attached hydrogen (secondary N) is 1. The molecule has 0 radical (unpaired) electrons. The number of benzene rings is 2. The normalized spacial score (nSPS) is 11.6. The van der Waals surface area contributed by atoms with Crippen LogP contribution in [0, 0.1) is 12.8 Å². The lowest BCUT2D eigenvalue weighted by molar-refractivity contribution is -0.141. The predicted octanol–water partition coefficient (Wildman–Crippen LogP) is 2.28. The van der Waals surface area contributed by atoms with Crippen LogP contribution in [-0.2, 0) is 22.6 Å². The summed E-state index contributed by atoms with van der Waals surface area (Å²) in [6.45, 7) is 1.65. The minimum atomic E-state index is -0.989. The summed E-state index contributed by atoms with van der Waals surface area (Å²) < 4.78 is 1.08. The van der Waals surface area contributed by atoms with E-state index in [1.54, 1.807) is 6.07 Å². The highest BCUT2D eigenvalue weighted by molar-refractivity contribution is 5.77. The predicted molar refractivity (Wildman–Crippen MR) is 113 cm³/mol. The summed E-state index contributed by atoms with van der Waals surface area (Å²) >= 11 is 0. The first-order valence-corrected chi connectivity index (χ1v) is 9.61. The van der Waals surface area contributed by atoms with Crippen molar-refractivity contribution in [3.8, 4) is 11.3 Å². The van der Waals surface area contributed by atoms with Gasteiger partial charge in [-0.05, 0) is 25.0 Å². The molecule has 0 fully saturated rings. The van der Waals surface area contributed by atoms with Crippen LogP contribution < -0.4 is 10.9 Å². The van der Waals surface area contributed by atoms with Crippen molar-refractivity contribution in [1.82, 2.24) is 15.1 Å². The van der Waals surface area contributed by atoms with E-state index in [2.05, 4.69) is 10.4 Å². The van der Waals surface area contributed by atoms with Crippen LogP contribution in [0.1, 0.15) is 11.1 Å². The van der Waals surface area contributed by atoms with Gasteiger partial charge in [0.1, 0.15) is 6.54 Å². The van der Waals surface area contributed by atoms with Crippen molar-refractivity contribution < 1.29 is 14.7 Å². The third kappa shape index (κ3) is 5.64. The quantitative estimate of drug-likeness (QED) is 0.599. The SMILES string of the molecule is Cc1ccc(C[C@H](CNC(=O)Cn2nc(-c3ccccc3)ccc2=O)C(=O)O)cc1. The molecular formula is C23H23N3O4. The average Bonchev–Trinajstić information content (AvgIpc) is 2.74. The number of hydrogen-bond donors (Lipinski definition) is 2. The van der Waals surface area contributed by atoms with E-state index >= 15 is 0 Å². The lowest BCUT2D eigenvalue weighted by atomic mass is 9.98. The van der Waals surface area contributed by atoms with Gasteiger partial charge >= 0.3 is 5.97 Å². The second-order valence-corrected chi connectivity index (χ2v) is 7.11. The number of rotatable bonds is 8. The van der Waals surface area contributed by atoms with Crippen molar-refractivity contribution in [3.05, 3.63) is 88.2 Å². The molecule has 3 aromatic rings. The van der Waals surface area contributed by atoms with Crippen molar-refractivity contribution >= 4 is 11.9 Å². The molecule has 0 aliphatic carbocycles. The molecule has 0 saturated heterocycles. The van der Waals surface area contributed by atoms with E-state index in [4.69, 9.17) is 0 Å². The van der Waals surface area contributed by atoms with E-state index in [0.29, 0.717) is 12.1 Å². The van der Waals surface area contributed by atoms with Crippen molar-refractivity contribution in [2.24, 2.45) is 5.92 Å². The maximum Gasteiger partial charge on any atom is 0.308 e. The lowest BCUT2D eigenvalue weighted by Crippen LogP contribution is -2.38. The molecule has 1 aromatic heterocycles. The van der Waals surface area contributed by atoms with Crippen molar-refractivity contribution in [3.63, 3.8) is 0 Å². The zero-order valence-corrected chi connectivity index (χ0v) is 16.6. The fourth-order valence-corrected chi connectivity index (χ4v) is 3.01. The molecule has 2 aromatic carbocycles. The van der Waals surface area contributed by atoms with Crippen LogP contribution in [-0.4, -0.2) is 33.3 Å². The third-order valence-corrected chi connectivity index (χ3v) is 4.73. The Morgan fingerprint density at radius 3 is 2.40 bits per heavy atom. The summed E-state index contributed by atoms with van der Waals surface area (Å²) in [6.07, 6.45) is 0.303. The van der Waals surface area contributed by atoms with Gasteiger partial charge in [0.15, 0.2) is 0 Å². The summed E-state index contributed by atoms with van der Waals surface area (Å²) in [5.41, 5.74) is 2.98. The lowest BCUT2D eigenvalue weighted by Gasteiger charge is -2.14. The Morgan fingerprint density at radius 1 is 1.03 bits per heavy atom. The van der Waals surface area contributed by atoms with Gasteiger partial charge in [0.25, 0.3) is 5.56 Å². The molecule has 7 nitrogen and oxygen atoms in total. The average molecular weight is 405 g/mol. The second kappa shape index (κ2) is 9.65. The molecule has 1 amide bonds. The van der Waals surface area contributed by atoms with Gasteiger partial charge in [-0.3, -0.25) is 14.4 Å². The smallest absolute Gasteiger partial charge is 0.308 e. The van der Waals surface area contributed by atoms with Crippen LogP contribution in [0.25, 0.3) is 11.3 Å². The molecule has 0 bridgehead atoms.